The number of aromatic nitrogens is 1. The minimum absolute atomic E-state index is 0.0900. The second-order valence-electron chi connectivity index (χ2n) is 6.52. The molecule has 2 aromatic rings. The Morgan fingerprint density at radius 3 is 2.61 bits per heavy atom. The highest BCUT2D eigenvalue weighted by molar-refractivity contribution is 5.76. The highest BCUT2D eigenvalue weighted by Crippen LogP contribution is 2.37. The number of halogens is 4. The maximum absolute atomic E-state index is 14.4. The van der Waals surface area contributed by atoms with Crippen LogP contribution in [0.25, 0.3) is 11.1 Å². The molecule has 0 unspecified atom stereocenters. The van der Waals surface area contributed by atoms with E-state index in [1.807, 2.05) is 0 Å². The van der Waals surface area contributed by atoms with E-state index in [1.54, 1.807) is 12.1 Å². The third-order valence-electron chi connectivity index (χ3n) is 4.35. The third kappa shape index (κ3) is 4.52. The van der Waals surface area contributed by atoms with Crippen molar-refractivity contribution in [1.29, 1.82) is 0 Å². The molecule has 0 atom stereocenters. The van der Waals surface area contributed by atoms with Gasteiger partial charge in [-0.1, -0.05) is 0 Å². The molecule has 2 heterocycles. The van der Waals surface area contributed by atoms with Gasteiger partial charge in [-0.15, -0.1) is 0 Å². The number of ether oxygens (including phenoxy) is 1. The zero-order valence-electron chi connectivity index (χ0n) is 14.8. The molecule has 1 aliphatic heterocycles. The summed E-state index contributed by atoms with van der Waals surface area (Å²) in [5.41, 5.74) is 0.474. The normalized spacial score (nSPS) is 15.6. The molecule has 5 nitrogen and oxygen atoms in total. The Hall–Kier alpha value is -2.84. The highest BCUT2D eigenvalue weighted by Gasteiger charge is 2.39. The maximum Gasteiger partial charge on any atom is 0.303 e. The number of carboxylic acids is 1. The topological polar surface area (TPSA) is 62.7 Å². The van der Waals surface area contributed by atoms with E-state index in [0.29, 0.717) is 5.56 Å². The Bertz CT molecular complexity index is 853. The molecule has 1 fully saturated rings. The molecular formula is C19H18F4N2O3. The Labute approximate surface area is 158 Å². The van der Waals surface area contributed by atoms with Gasteiger partial charge in [0, 0.05) is 31.1 Å². The van der Waals surface area contributed by atoms with Crippen molar-refractivity contribution in [2.45, 2.75) is 25.2 Å². The quantitative estimate of drug-likeness (QED) is 0.562. The monoisotopic (exact) mass is 398 g/mol. The van der Waals surface area contributed by atoms with Gasteiger partial charge in [0.25, 0.3) is 5.92 Å². The van der Waals surface area contributed by atoms with Crippen LogP contribution in [0.2, 0.25) is 0 Å². The van der Waals surface area contributed by atoms with E-state index >= 15 is 0 Å². The SMILES string of the molecule is O=C(O)CCCOc1c(F)cc(-c2cccnc2N2CCC(F)(F)C2)cc1F. The molecule has 1 saturated heterocycles. The van der Waals surface area contributed by atoms with Crippen LogP contribution in [0.15, 0.2) is 30.5 Å². The van der Waals surface area contributed by atoms with Crippen LogP contribution in [0, 0.1) is 11.6 Å². The number of anilines is 1. The fourth-order valence-corrected chi connectivity index (χ4v) is 3.04. The summed E-state index contributed by atoms with van der Waals surface area (Å²) in [6, 6.07) is 5.20. The smallest absolute Gasteiger partial charge is 0.303 e. The van der Waals surface area contributed by atoms with Crippen LogP contribution in [0.3, 0.4) is 0 Å². The van der Waals surface area contributed by atoms with Crippen LogP contribution in [0.4, 0.5) is 23.4 Å². The Morgan fingerprint density at radius 1 is 1.29 bits per heavy atom. The summed E-state index contributed by atoms with van der Waals surface area (Å²) in [5, 5.41) is 8.57. The first kappa shape index (κ1) is 19.9. The number of nitrogens with zero attached hydrogens (tertiary/aromatic N) is 2. The Kier molecular flexibility index (Phi) is 5.71. The highest BCUT2D eigenvalue weighted by atomic mass is 19.3. The molecule has 0 radical (unpaired) electrons. The van der Waals surface area contributed by atoms with Crippen LogP contribution < -0.4 is 9.64 Å². The summed E-state index contributed by atoms with van der Waals surface area (Å²) in [7, 11) is 0. The van der Waals surface area contributed by atoms with Crippen LogP contribution in [-0.2, 0) is 4.79 Å². The van der Waals surface area contributed by atoms with Gasteiger partial charge in [-0.25, -0.2) is 22.5 Å². The predicted molar refractivity (Wildman–Crippen MR) is 93.7 cm³/mol. The van der Waals surface area contributed by atoms with Crippen LogP contribution >= 0.6 is 0 Å². The standard InChI is InChI=1S/C19H18F4N2O3/c20-14-9-12(10-15(21)17(14)28-8-2-4-16(26)27)13-3-1-6-24-18(13)25-7-5-19(22,23)11-25/h1,3,6,9-10H,2,4-5,7-8,11H2,(H,26,27). The fraction of sp³-hybridized carbons (Fsp3) is 0.368. The second kappa shape index (κ2) is 8.04. The molecule has 28 heavy (non-hydrogen) atoms. The van der Waals surface area contributed by atoms with Gasteiger partial charge >= 0.3 is 5.97 Å². The first-order chi connectivity index (χ1) is 13.3. The lowest BCUT2D eigenvalue weighted by Gasteiger charge is -2.20. The van der Waals surface area contributed by atoms with Crippen LogP contribution in [0.5, 0.6) is 5.75 Å². The van der Waals surface area contributed by atoms with Gasteiger partial charge in [0.1, 0.15) is 5.82 Å². The lowest BCUT2D eigenvalue weighted by atomic mass is 10.1. The van der Waals surface area contributed by atoms with Crippen molar-refractivity contribution in [2.24, 2.45) is 0 Å². The minimum Gasteiger partial charge on any atom is -0.488 e. The number of carboxylic acid groups (broad SMARTS) is 1. The molecule has 0 amide bonds. The van der Waals surface area contributed by atoms with Crippen LogP contribution in [0.1, 0.15) is 19.3 Å². The molecule has 3 rings (SSSR count). The molecule has 1 aromatic heterocycles. The number of carbonyl (C=O) groups is 1. The van der Waals surface area contributed by atoms with E-state index in [4.69, 9.17) is 9.84 Å². The van der Waals surface area contributed by atoms with E-state index in [1.165, 1.54) is 11.1 Å². The van der Waals surface area contributed by atoms with Gasteiger partial charge in [0.2, 0.25) is 0 Å². The molecule has 9 heteroatoms. The molecule has 0 saturated carbocycles. The Morgan fingerprint density at radius 2 is 2.00 bits per heavy atom. The molecule has 0 aliphatic carbocycles. The van der Waals surface area contributed by atoms with E-state index in [9.17, 15) is 22.4 Å². The van der Waals surface area contributed by atoms with Gasteiger partial charge in [0.05, 0.1) is 13.2 Å². The van der Waals surface area contributed by atoms with Gasteiger partial charge < -0.3 is 14.7 Å². The number of alkyl halides is 2. The number of hydrogen-bond acceptors (Lipinski definition) is 4. The summed E-state index contributed by atoms with van der Waals surface area (Å²) in [4.78, 5) is 16.0. The predicted octanol–water partition coefficient (Wildman–Crippen LogP) is 4.12. The summed E-state index contributed by atoms with van der Waals surface area (Å²) in [6.45, 7) is -0.569. The molecule has 0 bridgehead atoms. The Balaban J connectivity index is 1.84. The van der Waals surface area contributed by atoms with Gasteiger partial charge in [-0.2, -0.15) is 0 Å². The van der Waals surface area contributed by atoms with Crippen molar-refractivity contribution >= 4 is 11.8 Å². The number of hydrogen-bond donors (Lipinski definition) is 1. The number of aliphatic carboxylic acids is 1. The zero-order valence-corrected chi connectivity index (χ0v) is 14.8. The molecule has 1 aromatic carbocycles. The summed E-state index contributed by atoms with van der Waals surface area (Å²) >= 11 is 0. The van der Waals surface area contributed by atoms with E-state index in [2.05, 4.69) is 4.98 Å². The van der Waals surface area contributed by atoms with Crippen molar-refractivity contribution < 1.29 is 32.2 Å². The first-order valence-electron chi connectivity index (χ1n) is 8.69. The van der Waals surface area contributed by atoms with E-state index in [0.717, 1.165) is 12.1 Å². The van der Waals surface area contributed by atoms with Gasteiger partial charge in [-0.05, 0) is 36.2 Å². The molecular weight excluding hydrogens is 380 g/mol. The van der Waals surface area contributed by atoms with Crippen molar-refractivity contribution in [3.05, 3.63) is 42.1 Å². The third-order valence-corrected chi connectivity index (χ3v) is 4.35. The largest absolute Gasteiger partial charge is 0.488 e. The molecule has 0 spiro atoms. The molecule has 150 valence electrons. The van der Waals surface area contributed by atoms with Gasteiger partial charge in [-0.3, -0.25) is 4.79 Å². The average Bonchev–Trinajstić information content (AvgIpc) is 3.00. The molecule has 1 N–H and O–H groups in total. The van der Waals surface area contributed by atoms with Crippen molar-refractivity contribution in [3.8, 4) is 16.9 Å². The van der Waals surface area contributed by atoms with Crippen molar-refractivity contribution in [1.82, 2.24) is 4.98 Å². The summed E-state index contributed by atoms with van der Waals surface area (Å²) in [5.74, 6) is -6.17. The summed E-state index contributed by atoms with van der Waals surface area (Å²) in [6.07, 6.45) is 1.05. The summed E-state index contributed by atoms with van der Waals surface area (Å²) < 4.78 is 60.9. The number of rotatable bonds is 7. The lowest BCUT2D eigenvalue weighted by Crippen LogP contribution is -2.26. The van der Waals surface area contributed by atoms with Crippen LogP contribution in [-0.4, -0.2) is 41.7 Å². The number of benzene rings is 1. The lowest BCUT2D eigenvalue weighted by molar-refractivity contribution is -0.137. The maximum atomic E-state index is 14.4. The van der Waals surface area contributed by atoms with Crippen molar-refractivity contribution in [2.75, 3.05) is 24.6 Å². The second-order valence-corrected chi connectivity index (χ2v) is 6.52. The minimum atomic E-state index is -2.83. The van der Waals surface area contributed by atoms with Crippen molar-refractivity contribution in [3.63, 3.8) is 0 Å². The number of pyridine rings is 1. The van der Waals surface area contributed by atoms with E-state index in [-0.39, 0.29) is 43.8 Å². The van der Waals surface area contributed by atoms with Gasteiger partial charge in [0.15, 0.2) is 17.4 Å². The first-order valence-corrected chi connectivity index (χ1v) is 8.69. The fourth-order valence-electron chi connectivity index (χ4n) is 3.04. The molecule has 1 aliphatic rings. The zero-order chi connectivity index (χ0) is 20.3. The van der Waals surface area contributed by atoms with E-state index < -0.39 is 35.8 Å². The average molecular weight is 398 g/mol.